The van der Waals surface area contributed by atoms with Gasteiger partial charge in [-0.15, -0.1) is 0 Å². The molecule has 2 fully saturated rings. The summed E-state index contributed by atoms with van der Waals surface area (Å²) < 4.78 is 32.4. The lowest BCUT2D eigenvalue weighted by atomic mass is 10.0. The monoisotopic (exact) mass is 995 g/mol. The maximum atomic E-state index is 13.4. The summed E-state index contributed by atoms with van der Waals surface area (Å²) >= 11 is 0. The van der Waals surface area contributed by atoms with Crippen molar-refractivity contribution < 1.29 is 28.5 Å². The lowest BCUT2D eigenvalue weighted by molar-refractivity contribution is 0.00562. The number of hydrogen-bond donors (Lipinski definition) is 1. The predicted molar refractivity (Wildman–Crippen MR) is 288 cm³/mol. The summed E-state index contributed by atoms with van der Waals surface area (Å²) in [6.45, 7) is 24.3. The minimum absolute atomic E-state index is 0.0410. The summed E-state index contributed by atoms with van der Waals surface area (Å²) in [7, 11) is 0. The van der Waals surface area contributed by atoms with Crippen molar-refractivity contribution in [1.29, 1.82) is 0 Å². The smallest absolute Gasteiger partial charge is 0.410 e. The van der Waals surface area contributed by atoms with Crippen molar-refractivity contribution in [2.45, 2.75) is 118 Å². The molecule has 0 aliphatic carbocycles. The first-order chi connectivity index (χ1) is 35.1. The van der Waals surface area contributed by atoms with Crippen LogP contribution in [0.15, 0.2) is 94.5 Å². The number of ether oxygens (including phenoxy) is 5. The predicted octanol–water partition coefficient (Wildman–Crippen LogP) is 8.93. The number of fused-ring (bicyclic) bond motifs is 4. The molecule has 4 aliphatic rings. The molecule has 1 N–H and O–H groups in total. The third-order valence-electron chi connectivity index (χ3n) is 14.6. The summed E-state index contributed by atoms with van der Waals surface area (Å²) in [6.07, 6.45) is 3.62. The molecule has 6 aromatic rings. The number of aromatic nitrogens is 2. The molecular formula is C59H74N6O8. The number of pyridine rings is 2. The lowest BCUT2D eigenvalue weighted by Crippen LogP contribution is -2.49. The van der Waals surface area contributed by atoms with Gasteiger partial charge in [0, 0.05) is 87.3 Å². The quantitative estimate of drug-likeness (QED) is 0.126. The molecule has 0 spiro atoms. The van der Waals surface area contributed by atoms with Gasteiger partial charge in [-0.25, -0.2) is 4.79 Å². The maximum Gasteiger partial charge on any atom is 0.410 e. The number of rotatable bonds is 12. The summed E-state index contributed by atoms with van der Waals surface area (Å²) in [5, 5.41) is 6.01. The van der Waals surface area contributed by atoms with Crippen LogP contribution in [0.5, 0.6) is 23.0 Å². The van der Waals surface area contributed by atoms with E-state index in [-0.39, 0.29) is 23.3 Å². The minimum atomic E-state index is -0.578. The largest absolute Gasteiger partial charge is 0.486 e. The van der Waals surface area contributed by atoms with Crippen LogP contribution in [0.25, 0.3) is 21.8 Å². The molecule has 2 aromatic heterocycles. The average molecular weight is 995 g/mol. The number of carbonyl (C=O) groups excluding carboxylic acids is 1. The normalized spacial score (nSPS) is 16.5. The van der Waals surface area contributed by atoms with Crippen LogP contribution in [0.2, 0.25) is 0 Å². The zero-order valence-electron chi connectivity index (χ0n) is 44.0. The fraction of sp³-hybridized carbons (Fsp3) is 0.475. The third kappa shape index (κ3) is 12.9. The zero-order valence-corrected chi connectivity index (χ0v) is 44.0. The standard InChI is InChI=1S/C32H41N3O5.C27H33N3O3/c1-22-6-8-27-26(18-22)23(2)19-30(36)34(27)15-14-33-12-10-25(11-13-33)35(31(37)40-32(3,4)5)21-24-7-9-28-29(20-24)39-17-16-38-28;1-19-3-5-24-23(15-19)20(2)16-27(31)30(24)12-11-29-9-7-22(8-10-29)28-18-21-4-6-25-26(17-21)33-14-13-32-25/h6-9,18-20,25H,10-17,21H2,1-5H3;3-6,15-17,22,28H,7-14,18H2,1-2H3. The Balaban J connectivity index is 0.000000183. The van der Waals surface area contributed by atoms with E-state index in [1.807, 2.05) is 72.9 Å². The molecule has 0 unspecified atom stereocenters. The Kier molecular flexibility index (Phi) is 16.1. The average Bonchev–Trinajstić information content (AvgIpc) is 3.37. The van der Waals surface area contributed by atoms with Crippen molar-refractivity contribution in [3.63, 3.8) is 0 Å². The highest BCUT2D eigenvalue weighted by molar-refractivity contribution is 5.84. The number of carbonyl (C=O) groups is 1. The second kappa shape index (κ2) is 22.8. The van der Waals surface area contributed by atoms with Gasteiger partial charge in [0.05, 0.1) is 11.0 Å². The molecule has 14 nitrogen and oxygen atoms in total. The molecule has 0 saturated carbocycles. The molecule has 1 amide bonds. The molecule has 388 valence electrons. The number of amides is 1. The number of nitrogens with one attached hydrogen (secondary N) is 1. The van der Waals surface area contributed by atoms with Gasteiger partial charge in [0.15, 0.2) is 23.0 Å². The molecule has 0 bridgehead atoms. The Labute approximate surface area is 429 Å². The molecule has 0 radical (unpaired) electrons. The van der Waals surface area contributed by atoms with Crippen molar-refractivity contribution in [2.75, 3.05) is 65.7 Å². The van der Waals surface area contributed by atoms with Crippen molar-refractivity contribution in [1.82, 2.24) is 29.2 Å². The summed E-state index contributed by atoms with van der Waals surface area (Å²) in [4.78, 5) is 45.7. The third-order valence-corrected chi connectivity index (χ3v) is 14.6. The van der Waals surface area contributed by atoms with Gasteiger partial charge in [0.1, 0.15) is 32.0 Å². The number of likely N-dealkylation sites (tertiary alicyclic amines) is 2. The van der Waals surface area contributed by atoms with E-state index in [1.165, 1.54) is 22.1 Å². The Hall–Kier alpha value is -6.35. The Morgan fingerprint density at radius 2 is 1.05 bits per heavy atom. The first-order valence-electron chi connectivity index (χ1n) is 26.3. The van der Waals surface area contributed by atoms with Crippen molar-refractivity contribution in [3.8, 4) is 23.0 Å². The fourth-order valence-corrected chi connectivity index (χ4v) is 10.6. The summed E-state index contributed by atoms with van der Waals surface area (Å²) in [5.41, 5.74) is 8.28. The fourth-order valence-electron chi connectivity index (χ4n) is 10.6. The van der Waals surface area contributed by atoms with E-state index >= 15 is 0 Å². The molecular weight excluding hydrogens is 921 g/mol. The summed E-state index contributed by atoms with van der Waals surface area (Å²) in [5.74, 6) is 3.15. The van der Waals surface area contributed by atoms with E-state index in [2.05, 4.69) is 77.5 Å². The highest BCUT2D eigenvalue weighted by Crippen LogP contribution is 2.33. The molecule has 4 aliphatic heterocycles. The van der Waals surface area contributed by atoms with Crippen LogP contribution in [-0.2, 0) is 30.9 Å². The first-order valence-corrected chi connectivity index (χ1v) is 26.3. The molecule has 6 heterocycles. The van der Waals surface area contributed by atoms with Crippen molar-refractivity contribution >= 4 is 27.9 Å². The van der Waals surface area contributed by atoms with Crippen LogP contribution in [0, 0.1) is 27.7 Å². The van der Waals surface area contributed by atoms with Crippen LogP contribution < -0.4 is 35.4 Å². The van der Waals surface area contributed by atoms with Crippen LogP contribution in [0.4, 0.5) is 4.79 Å². The van der Waals surface area contributed by atoms with Crippen molar-refractivity contribution in [3.05, 3.63) is 139 Å². The van der Waals surface area contributed by atoms with Gasteiger partial charge < -0.3 is 52.8 Å². The van der Waals surface area contributed by atoms with E-state index in [4.69, 9.17) is 23.7 Å². The maximum absolute atomic E-state index is 13.4. The van der Waals surface area contributed by atoms with Gasteiger partial charge in [0.25, 0.3) is 11.1 Å². The lowest BCUT2D eigenvalue weighted by Gasteiger charge is -2.39. The van der Waals surface area contributed by atoms with Gasteiger partial charge in [-0.3, -0.25) is 9.59 Å². The Morgan fingerprint density at radius 1 is 0.589 bits per heavy atom. The first kappa shape index (κ1) is 51.5. The highest BCUT2D eigenvalue weighted by Gasteiger charge is 2.32. The van der Waals surface area contributed by atoms with Gasteiger partial charge in [-0.2, -0.15) is 0 Å². The molecule has 0 atom stereocenters. The SMILES string of the molecule is Cc1ccc2c(c1)c(C)cc(=O)n2CCN1CCC(N(Cc2ccc3c(c2)OCCO3)C(=O)OC(C)(C)C)CC1.Cc1ccc2c(c1)c(C)cc(=O)n2CCN1CCC(NCc2ccc3c(c2)OCCO3)CC1. The number of aryl methyl sites for hydroxylation is 4. The van der Waals surface area contributed by atoms with E-state index in [0.717, 1.165) is 134 Å². The van der Waals surface area contributed by atoms with Crippen LogP contribution in [0.1, 0.15) is 79.8 Å². The topological polar surface area (TPSA) is 129 Å². The van der Waals surface area contributed by atoms with Gasteiger partial charge in [-0.1, -0.05) is 35.4 Å². The zero-order chi connectivity index (χ0) is 51.2. The van der Waals surface area contributed by atoms with Crippen molar-refractivity contribution in [2.24, 2.45) is 0 Å². The minimum Gasteiger partial charge on any atom is -0.486 e. The van der Waals surface area contributed by atoms with Gasteiger partial charge in [0.2, 0.25) is 0 Å². The molecule has 14 heteroatoms. The van der Waals surface area contributed by atoms with Gasteiger partial charge >= 0.3 is 6.09 Å². The van der Waals surface area contributed by atoms with E-state index < -0.39 is 5.60 Å². The second-order valence-corrected chi connectivity index (χ2v) is 21.3. The molecule has 4 aromatic carbocycles. The van der Waals surface area contributed by atoms with Crippen LogP contribution >= 0.6 is 0 Å². The van der Waals surface area contributed by atoms with E-state index in [1.54, 1.807) is 12.1 Å². The number of benzene rings is 4. The second-order valence-electron chi connectivity index (χ2n) is 21.3. The van der Waals surface area contributed by atoms with Crippen LogP contribution in [-0.4, -0.2) is 113 Å². The molecule has 2 saturated heterocycles. The molecule has 73 heavy (non-hydrogen) atoms. The van der Waals surface area contributed by atoms with E-state index in [9.17, 15) is 14.4 Å². The number of hydrogen-bond acceptors (Lipinski definition) is 11. The Morgan fingerprint density at radius 3 is 1.56 bits per heavy atom. The highest BCUT2D eigenvalue weighted by atomic mass is 16.6. The van der Waals surface area contributed by atoms with Crippen LogP contribution in [0.3, 0.4) is 0 Å². The number of piperidine rings is 2. The van der Waals surface area contributed by atoms with E-state index in [0.29, 0.717) is 45.6 Å². The Bertz CT molecular complexity index is 3030. The number of nitrogens with zero attached hydrogens (tertiary/aromatic N) is 5. The van der Waals surface area contributed by atoms with Gasteiger partial charge in [-0.05, 0) is 158 Å². The molecule has 10 rings (SSSR count). The summed E-state index contributed by atoms with van der Waals surface area (Å²) in [6, 6.07) is 28.8.